The molecular formula is C13H22O2S. The van der Waals surface area contributed by atoms with Crippen LogP contribution in [0.3, 0.4) is 0 Å². The first-order valence-corrected chi connectivity index (χ1v) is 6.04. The zero-order chi connectivity index (χ0) is 13.0. The SMILES string of the molecule is CC.CC(S)C(=O)O.CCc1ccccc1. The Kier molecular flexibility index (Phi) is 13.2. The van der Waals surface area contributed by atoms with Gasteiger partial charge < -0.3 is 5.11 Å². The molecule has 0 aliphatic carbocycles. The van der Waals surface area contributed by atoms with E-state index >= 15 is 0 Å². The fourth-order valence-electron chi connectivity index (χ4n) is 0.714. The van der Waals surface area contributed by atoms with Crippen molar-refractivity contribution in [1.29, 1.82) is 0 Å². The van der Waals surface area contributed by atoms with Crippen molar-refractivity contribution in [1.82, 2.24) is 0 Å². The zero-order valence-electron chi connectivity index (χ0n) is 10.5. The number of carboxylic acids is 1. The average Bonchev–Trinajstić information content (AvgIpc) is 2.33. The minimum Gasteiger partial charge on any atom is -0.480 e. The third-order valence-electron chi connectivity index (χ3n) is 1.61. The number of hydrogen-bond acceptors (Lipinski definition) is 2. The first kappa shape index (κ1) is 17.4. The molecular weight excluding hydrogens is 220 g/mol. The van der Waals surface area contributed by atoms with Crippen LogP contribution in [0.1, 0.15) is 33.3 Å². The highest BCUT2D eigenvalue weighted by Gasteiger charge is 2.00. The van der Waals surface area contributed by atoms with E-state index in [1.165, 1.54) is 12.5 Å². The summed E-state index contributed by atoms with van der Waals surface area (Å²) in [7, 11) is 0. The molecule has 1 N–H and O–H groups in total. The van der Waals surface area contributed by atoms with Gasteiger partial charge in [0.05, 0.1) is 5.25 Å². The summed E-state index contributed by atoms with van der Waals surface area (Å²) in [6.07, 6.45) is 1.14. The monoisotopic (exact) mass is 242 g/mol. The lowest BCUT2D eigenvalue weighted by molar-refractivity contribution is -0.136. The van der Waals surface area contributed by atoms with E-state index in [9.17, 15) is 4.79 Å². The molecule has 1 unspecified atom stereocenters. The van der Waals surface area contributed by atoms with Crippen molar-refractivity contribution in [2.24, 2.45) is 0 Å². The van der Waals surface area contributed by atoms with Crippen LogP contribution >= 0.6 is 12.6 Å². The number of aliphatic carboxylic acids is 1. The van der Waals surface area contributed by atoms with Crippen molar-refractivity contribution >= 4 is 18.6 Å². The van der Waals surface area contributed by atoms with Crippen LogP contribution in [0.4, 0.5) is 0 Å². The Hall–Kier alpha value is -0.960. The van der Waals surface area contributed by atoms with Gasteiger partial charge in [-0.05, 0) is 18.9 Å². The largest absolute Gasteiger partial charge is 0.480 e. The van der Waals surface area contributed by atoms with Gasteiger partial charge in [0.2, 0.25) is 0 Å². The third-order valence-corrected chi connectivity index (χ3v) is 1.83. The Morgan fingerprint density at radius 1 is 1.31 bits per heavy atom. The molecule has 92 valence electrons. The van der Waals surface area contributed by atoms with Crippen molar-refractivity contribution < 1.29 is 9.90 Å². The van der Waals surface area contributed by atoms with Gasteiger partial charge in [0.15, 0.2) is 0 Å². The van der Waals surface area contributed by atoms with Gasteiger partial charge in [-0.15, -0.1) is 0 Å². The summed E-state index contributed by atoms with van der Waals surface area (Å²) in [5, 5.41) is 7.38. The topological polar surface area (TPSA) is 37.3 Å². The molecule has 0 saturated heterocycles. The van der Waals surface area contributed by atoms with Crippen LogP contribution < -0.4 is 0 Å². The van der Waals surface area contributed by atoms with E-state index in [1.54, 1.807) is 0 Å². The third kappa shape index (κ3) is 11.1. The molecule has 0 aliphatic rings. The molecule has 0 amide bonds. The molecule has 1 aromatic rings. The molecule has 0 aromatic heterocycles. The van der Waals surface area contributed by atoms with Crippen LogP contribution in [-0.2, 0) is 11.2 Å². The van der Waals surface area contributed by atoms with Gasteiger partial charge in [-0.25, -0.2) is 0 Å². The molecule has 0 heterocycles. The van der Waals surface area contributed by atoms with E-state index in [1.807, 2.05) is 19.9 Å². The lowest BCUT2D eigenvalue weighted by Gasteiger charge is -1.89. The average molecular weight is 242 g/mol. The van der Waals surface area contributed by atoms with Crippen molar-refractivity contribution in [2.75, 3.05) is 0 Å². The smallest absolute Gasteiger partial charge is 0.316 e. The van der Waals surface area contributed by atoms with Gasteiger partial charge >= 0.3 is 5.97 Å². The number of aryl methyl sites for hydroxylation is 1. The first-order valence-electron chi connectivity index (χ1n) is 5.52. The van der Waals surface area contributed by atoms with Gasteiger partial charge in [0, 0.05) is 0 Å². The summed E-state index contributed by atoms with van der Waals surface area (Å²) >= 11 is 3.59. The maximum Gasteiger partial charge on any atom is 0.316 e. The Morgan fingerprint density at radius 2 is 1.69 bits per heavy atom. The van der Waals surface area contributed by atoms with Gasteiger partial charge in [0.1, 0.15) is 0 Å². The molecule has 0 fully saturated rings. The molecule has 1 rings (SSSR count). The van der Waals surface area contributed by atoms with Crippen LogP contribution in [-0.4, -0.2) is 16.3 Å². The van der Waals surface area contributed by atoms with E-state index < -0.39 is 11.2 Å². The molecule has 0 saturated carbocycles. The van der Waals surface area contributed by atoms with Crippen LogP contribution in [0.5, 0.6) is 0 Å². The minimum absolute atomic E-state index is 0.537. The van der Waals surface area contributed by atoms with Crippen molar-refractivity contribution in [3.8, 4) is 0 Å². The van der Waals surface area contributed by atoms with E-state index in [2.05, 4.69) is 43.8 Å². The van der Waals surface area contributed by atoms with Gasteiger partial charge in [-0.1, -0.05) is 51.1 Å². The first-order chi connectivity index (χ1) is 7.57. The molecule has 0 aliphatic heterocycles. The Balaban J connectivity index is 0. The lowest BCUT2D eigenvalue weighted by Crippen LogP contribution is -2.06. The molecule has 1 aromatic carbocycles. The lowest BCUT2D eigenvalue weighted by atomic mass is 10.2. The number of benzene rings is 1. The number of rotatable bonds is 2. The molecule has 0 spiro atoms. The van der Waals surface area contributed by atoms with Crippen LogP contribution in [0, 0.1) is 0 Å². The molecule has 0 radical (unpaired) electrons. The molecule has 0 bridgehead atoms. The second kappa shape index (κ2) is 12.1. The normalized spacial score (nSPS) is 10.1. The van der Waals surface area contributed by atoms with Crippen molar-refractivity contribution in [2.45, 2.75) is 39.4 Å². The van der Waals surface area contributed by atoms with E-state index in [0.717, 1.165) is 6.42 Å². The molecule has 3 heteroatoms. The summed E-state index contributed by atoms with van der Waals surface area (Å²) in [6, 6.07) is 10.5. The highest BCUT2D eigenvalue weighted by Crippen LogP contribution is 1.96. The van der Waals surface area contributed by atoms with Crippen LogP contribution in [0.15, 0.2) is 30.3 Å². The molecule has 1 atom stereocenters. The number of carbonyl (C=O) groups is 1. The second-order valence-corrected chi connectivity index (χ2v) is 3.63. The van der Waals surface area contributed by atoms with Gasteiger partial charge in [0.25, 0.3) is 0 Å². The van der Waals surface area contributed by atoms with Crippen LogP contribution in [0.2, 0.25) is 0 Å². The quantitative estimate of drug-likeness (QED) is 0.777. The predicted octanol–water partition coefficient (Wildman–Crippen LogP) is 3.66. The second-order valence-electron chi connectivity index (χ2n) is 2.85. The highest BCUT2D eigenvalue weighted by molar-refractivity contribution is 7.81. The summed E-state index contributed by atoms with van der Waals surface area (Å²) in [5.41, 5.74) is 1.41. The number of thiol groups is 1. The fourth-order valence-corrected chi connectivity index (χ4v) is 0.714. The van der Waals surface area contributed by atoms with E-state index in [4.69, 9.17) is 5.11 Å². The molecule has 2 nitrogen and oxygen atoms in total. The Morgan fingerprint density at radius 3 is 1.88 bits per heavy atom. The Labute approximate surface area is 104 Å². The van der Waals surface area contributed by atoms with Gasteiger partial charge in [-0.3, -0.25) is 4.79 Å². The van der Waals surface area contributed by atoms with E-state index in [0.29, 0.717) is 0 Å². The Bertz CT molecular complexity index is 258. The standard InChI is InChI=1S/C8H10.C3H6O2S.C2H6/c1-2-8-6-4-3-5-7-8;1-2(6)3(4)5;1-2/h3-7H,2H2,1H3;2,6H,1H3,(H,4,5);1-2H3. The summed E-state index contributed by atoms with van der Waals surface area (Å²) in [6.45, 7) is 7.67. The summed E-state index contributed by atoms with van der Waals surface area (Å²) in [5.74, 6) is -0.877. The van der Waals surface area contributed by atoms with Crippen molar-refractivity contribution in [3.05, 3.63) is 35.9 Å². The zero-order valence-corrected chi connectivity index (χ0v) is 11.4. The molecule has 16 heavy (non-hydrogen) atoms. The maximum atomic E-state index is 9.62. The van der Waals surface area contributed by atoms with Crippen LogP contribution in [0.25, 0.3) is 0 Å². The maximum absolute atomic E-state index is 9.62. The number of hydrogen-bond donors (Lipinski definition) is 2. The van der Waals surface area contributed by atoms with Gasteiger partial charge in [-0.2, -0.15) is 12.6 Å². The van der Waals surface area contributed by atoms with Crippen molar-refractivity contribution in [3.63, 3.8) is 0 Å². The fraction of sp³-hybridized carbons (Fsp3) is 0.462. The van der Waals surface area contributed by atoms with E-state index in [-0.39, 0.29) is 0 Å². The summed E-state index contributed by atoms with van der Waals surface area (Å²) < 4.78 is 0. The summed E-state index contributed by atoms with van der Waals surface area (Å²) in [4.78, 5) is 9.62. The predicted molar refractivity (Wildman–Crippen MR) is 73.3 cm³/mol. The highest BCUT2D eigenvalue weighted by atomic mass is 32.1. The number of carboxylic acid groups (broad SMARTS) is 1. The minimum atomic E-state index is -0.877.